The number of rotatable bonds is 5. The van der Waals surface area contributed by atoms with Gasteiger partial charge in [0.15, 0.2) is 5.78 Å². The van der Waals surface area contributed by atoms with Gasteiger partial charge >= 0.3 is 6.09 Å². The number of hydrogen-bond acceptors (Lipinski definition) is 6. The van der Waals surface area contributed by atoms with Crippen LogP contribution in [-0.4, -0.2) is 48.1 Å². The number of nitrogens with zero attached hydrogens (tertiary/aromatic N) is 1. The lowest BCUT2D eigenvalue weighted by atomic mass is 10.0. The molecule has 1 unspecified atom stereocenters. The second-order valence-corrected chi connectivity index (χ2v) is 13.7. The van der Waals surface area contributed by atoms with E-state index in [0.717, 1.165) is 52.4 Å². The van der Waals surface area contributed by atoms with E-state index in [1.54, 1.807) is 20.8 Å². The van der Waals surface area contributed by atoms with Gasteiger partial charge in [-0.3, -0.25) is 4.79 Å². The highest BCUT2D eigenvalue weighted by atomic mass is 33.1. The highest BCUT2D eigenvalue weighted by Gasteiger charge is 2.22. The SMILES string of the molecule is CC(=O)C(Cc1ccc(C#Cc2ccc(C#Cc3ccc(N4CCSSCC4)cc3)cc2)cc1)NC(=O)OC(C)(C)C. The number of carbonyl (C=O) groups excluding carboxylic acids is 2. The van der Waals surface area contributed by atoms with Crippen molar-refractivity contribution in [3.8, 4) is 23.7 Å². The Morgan fingerprint density at radius 2 is 1.21 bits per heavy atom. The van der Waals surface area contributed by atoms with Crippen LogP contribution >= 0.6 is 21.6 Å². The first kappa shape index (κ1) is 31.2. The minimum absolute atomic E-state index is 0.127. The fourth-order valence-corrected chi connectivity index (χ4v) is 6.15. The average Bonchev–Trinajstić information content (AvgIpc) is 3.25. The molecular formula is C35H36N2O3S2. The summed E-state index contributed by atoms with van der Waals surface area (Å²) in [5.74, 6) is 15.1. The van der Waals surface area contributed by atoms with Crippen LogP contribution in [0.2, 0.25) is 0 Å². The van der Waals surface area contributed by atoms with Gasteiger partial charge in [-0.2, -0.15) is 0 Å². The van der Waals surface area contributed by atoms with Gasteiger partial charge in [0.1, 0.15) is 5.60 Å². The summed E-state index contributed by atoms with van der Waals surface area (Å²) in [6.07, 6.45) is -0.218. The molecule has 0 spiro atoms. The smallest absolute Gasteiger partial charge is 0.408 e. The van der Waals surface area contributed by atoms with E-state index < -0.39 is 17.7 Å². The van der Waals surface area contributed by atoms with Crippen molar-refractivity contribution in [1.82, 2.24) is 5.32 Å². The maximum absolute atomic E-state index is 12.1. The number of anilines is 1. The molecule has 0 saturated carbocycles. The lowest BCUT2D eigenvalue weighted by Crippen LogP contribution is -2.43. The molecule has 1 saturated heterocycles. The number of ether oxygens (including phenoxy) is 1. The molecule has 7 heteroatoms. The molecule has 1 aliphatic rings. The Bertz CT molecular complexity index is 1480. The topological polar surface area (TPSA) is 58.6 Å². The molecule has 1 N–H and O–H groups in total. The Balaban J connectivity index is 1.32. The summed E-state index contributed by atoms with van der Waals surface area (Å²) in [6, 6.07) is 23.5. The van der Waals surface area contributed by atoms with Gasteiger partial charge in [0.05, 0.1) is 6.04 Å². The standard InChI is InChI=1S/C35H36N2O3S2/c1-26(38)33(36-34(39)40-35(2,3)4)25-31-15-13-29(14-16-31)10-9-27-5-7-28(8-6-27)11-12-30-17-19-32(20-18-30)37-21-23-41-42-24-22-37/h5-8,13-20,33H,21-25H2,1-4H3,(H,36,39). The van der Waals surface area contributed by atoms with Gasteiger partial charge in [0, 0.05) is 52.5 Å². The minimum atomic E-state index is -0.652. The number of benzene rings is 3. The summed E-state index contributed by atoms with van der Waals surface area (Å²) in [6.45, 7) is 8.99. The monoisotopic (exact) mass is 596 g/mol. The molecule has 1 aliphatic heterocycles. The summed E-state index contributed by atoms with van der Waals surface area (Å²) in [5.41, 5.74) is 5.27. The number of ketones is 1. The Kier molecular flexibility index (Phi) is 11.1. The maximum atomic E-state index is 12.1. The predicted molar refractivity (Wildman–Crippen MR) is 176 cm³/mol. The third kappa shape index (κ3) is 10.2. The van der Waals surface area contributed by atoms with Crippen LogP contribution in [-0.2, 0) is 16.0 Å². The number of alkyl carbamates (subject to hydrolysis) is 1. The zero-order valence-corrected chi connectivity index (χ0v) is 26.2. The van der Waals surface area contributed by atoms with Crippen molar-refractivity contribution in [1.29, 1.82) is 0 Å². The normalized spacial score (nSPS) is 13.9. The van der Waals surface area contributed by atoms with Gasteiger partial charge in [-0.15, -0.1) is 0 Å². The molecule has 42 heavy (non-hydrogen) atoms. The lowest BCUT2D eigenvalue weighted by molar-refractivity contribution is -0.119. The molecular weight excluding hydrogens is 561 g/mol. The van der Waals surface area contributed by atoms with Crippen LogP contribution in [0.25, 0.3) is 0 Å². The molecule has 1 amide bonds. The van der Waals surface area contributed by atoms with Crippen molar-refractivity contribution < 1.29 is 14.3 Å². The summed E-state index contributed by atoms with van der Waals surface area (Å²) in [4.78, 5) is 26.6. The largest absolute Gasteiger partial charge is 0.444 e. The maximum Gasteiger partial charge on any atom is 0.408 e. The van der Waals surface area contributed by atoms with Gasteiger partial charge in [-0.1, -0.05) is 57.4 Å². The number of carbonyl (C=O) groups is 2. The van der Waals surface area contributed by atoms with Gasteiger partial charge in [-0.05, 0) is 100 Å². The lowest BCUT2D eigenvalue weighted by Gasteiger charge is -2.22. The summed E-state index contributed by atoms with van der Waals surface area (Å²) >= 11 is 0. The van der Waals surface area contributed by atoms with E-state index in [0.29, 0.717) is 6.42 Å². The quantitative estimate of drug-likeness (QED) is 0.261. The van der Waals surface area contributed by atoms with Crippen LogP contribution in [0.3, 0.4) is 0 Å². The van der Waals surface area contributed by atoms with Crippen LogP contribution in [0.5, 0.6) is 0 Å². The van der Waals surface area contributed by atoms with E-state index in [2.05, 4.69) is 58.2 Å². The van der Waals surface area contributed by atoms with Crippen molar-refractivity contribution in [2.75, 3.05) is 29.5 Å². The third-order valence-electron chi connectivity index (χ3n) is 6.37. The summed E-state index contributed by atoms with van der Waals surface area (Å²) < 4.78 is 5.29. The van der Waals surface area contributed by atoms with E-state index in [-0.39, 0.29) is 5.78 Å². The molecule has 0 radical (unpaired) electrons. The summed E-state index contributed by atoms with van der Waals surface area (Å²) in [7, 11) is 3.90. The van der Waals surface area contributed by atoms with Crippen LogP contribution in [0.15, 0.2) is 72.8 Å². The number of nitrogens with one attached hydrogen (secondary N) is 1. The number of amides is 1. The van der Waals surface area contributed by atoms with E-state index in [4.69, 9.17) is 4.74 Å². The average molecular weight is 597 g/mol. The number of hydrogen-bond donors (Lipinski definition) is 1. The highest BCUT2D eigenvalue weighted by molar-refractivity contribution is 8.76. The molecule has 1 heterocycles. The Hall–Kier alpha value is -3.78. The number of Topliss-reactive ketones (excluding diaryl/α,β-unsaturated/α-hetero) is 1. The van der Waals surface area contributed by atoms with Gasteiger partial charge in [-0.25, -0.2) is 4.79 Å². The molecule has 1 fully saturated rings. The highest BCUT2D eigenvalue weighted by Crippen LogP contribution is 2.26. The van der Waals surface area contributed by atoms with Crippen molar-refractivity contribution in [2.45, 2.75) is 45.8 Å². The molecule has 3 aromatic rings. The molecule has 0 aliphatic carbocycles. The molecule has 216 valence electrons. The Morgan fingerprint density at radius 3 is 1.64 bits per heavy atom. The van der Waals surface area contributed by atoms with E-state index in [1.165, 1.54) is 12.6 Å². The van der Waals surface area contributed by atoms with Crippen molar-refractivity contribution in [3.05, 3.63) is 101 Å². The second kappa shape index (κ2) is 14.9. The van der Waals surface area contributed by atoms with Crippen LogP contribution in [0.4, 0.5) is 10.5 Å². The van der Waals surface area contributed by atoms with Gasteiger partial charge < -0.3 is 15.0 Å². The molecule has 3 aromatic carbocycles. The second-order valence-electron chi connectivity index (χ2n) is 11.0. The van der Waals surface area contributed by atoms with Crippen LogP contribution in [0.1, 0.15) is 55.5 Å². The summed E-state index contributed by atoms with van der Waals surface area (Å²) in [5, 5.41) is 2.67. The fraction of sp³-hybridized carbons (Fsp3) is 0.314. The zero-order chi connectivity index (χ0) is 30.0. The first-order valence-electron chi connectivity index (χ1n) is 14.0. The molecule has 4 rings (SSSR count). The van der Waals surface area contributed by atoms with E-state index in [1.807, 2.05) is 70.1 Å². The first-order valence-corrected chi connectivity index (χ1v) is 16.5. The van der Waals surface area contributed by atoms with Gasteiger partial charge in [0.2, 0.25) is 0 Å². The van der Waals surface area contributed by atoms with Gasteiger partial charge in [0.25, 0.3) is 0 Å². The van der Waals surface area contributed by atoms with E-state index >= 15 is 0 Å². The van der Waals surface area contributed by atoms with Crippen molar-refractivity contribution in [3.63, 3.8) is 0 Å². The fourth-order valence-electron chi connectivity index (χ4n) is 4.17. The van der Waals surface area contributed by atoms with Crippen LogP contribution < -0.4 is 10.2 Å². The zero-order valence-electron chi connectivity index (χ0n) is 24.5. The Morgan fingerprint density at radius 1 is 0.786 bits per heavy atom. The minimum Gasteiger partial charge on any atom is -0.444 e. The predicted octanol–water partition coefficient (Wildman–Crippen LogP) is 6.71. The Labute approximate surface area is 257 Å². The third-order valence-corrected chi connectivity index (χ3v) is 8.73. The molecule has 0 aromatic heterocycles. The van der Waals surface area contributed by atoms with E-state index in [9.17, 15) is 9.59 Å². The van der Waals surface area contributed by atoms with Crippen molar-refractivity contribution >= 4 is 39.2 Å². The molecule has 1 atom stereocenters. The molecule has 0 bridgehead atoms. The van der Waals surface area contributed by atoms with Crippen LogP contribution in [0, 0.1) is 23.7 Å². The van der Waals surface area contributed by atoms with Crippen molar-refractivity contribution in [2.24, 2.45) is 0 Å². The first-order chi connectivity index (χ1) is 20.1. The molecule has 5 nitrogen and oxygen atoms in total.